The van der Waals surface area contributed by atoms with Crippen LogP contribution in [0.3, 0.4) is 0 Å². The van der Waals surface area contributed by atoms with Crippen molar-refractivity contribution in [3.63, 3.8) is 0 Å². The molecule has 196 valence electrons. The largest absolute Gasteiger partial charge is 0.452 e. The molecule has 1 aliphatic heterocycles. The second-order valence-corrected chi connectivity index (χ2v) is 11.3. The number of Topliss-reactive ketones (excluding diaryl/α,β-unsaturated/α-hetero) is 1. The minimum atomic E-state index is -0.622. The first-order chi connectivity index (χ1) is 17.4. The Hall–Kier alpha value is -2.41. The van der Waals surface area contributed by atoms with E-state index in [1.54, 1.807) is 11.8 Å². The molecule has 1 N–H and O–H groups in total. The van der Waals surface area contributed by atoms with Crippen LogP contribution in [0.15, 0.2) is 12.1 Å². The molecule has 0 spiro atoms. The monoisotopic (exact) mass is 495 g/mol. The van der Waals surface area contributed by atoms with Crippen LogP contribution in [-0.2, 0) is 16.0 Å². The van der Waals surface area contributed by atoms with Crippen LogP contribution >= 0.6 is 0 Å². The summed E-state index contributed by atoms with van der Waals surface area (Å²) in [6.45, 7) is 3.76. The molecular weight excluding hydrogens is 454 g/mol. The fourth-order valence-corrected chi connectivity index (χ4v) is 6.99. The van der Waals surface area contributed by atoms with Crippen LogP contribution in [0.5, 0.6) is 0 Å². The fourth-order valence-electron chi connectivity index (χ4n) is 6.99. The van der Waals surface area contributed by atoms with Gasteiger partial charge in [-0.2, -0.15) is 0 Å². The lowest BCUT2D eigenvalue weighted by Gasteiger charge is -2.34. The summed E-state index contributed by atoms with van der Waals surface area (Å²) in [6.07, 6.45) is 11.3. The van der Waals surface area contributed by atoms with Crippen LogP contribution in [0.1, 0.15) is 108 Å². The number of hydrogen-bond donors (Lipinski definition) is 1. The van der Waals surface area contributed by atoms with E-state index in [1.807, 2.05) is 13.0 Å². The summed E-state index contributed by atoms with van der Waals surface area (Å²) in [7, 11) is 1.42. The molecule has 7 nitrogen and oxygen atoms in total. The van der Waals surface area contributed by atoms with Gasteiger partial charge in [0.05, 0.1) is 23.8 Å². The van der Waals surface area contributed by atoms with Gasteiger partial charge in [0, 0.05) is 23.6 Å². The molecule has 0 saturated heterocycles. The van der Waals surface area contributed by atoms with Gasteiger partial charge in [0.1, 0.15) is 17.7 Å². The van der Waals surface area contributed by atoms with E-state index in [0.717, 1.165) is 92.3 Å². The molecule has 7 heteroatoms. The molecule has 5 rings (SSSR count). The predicted molar refractivity (Wildman–Crippen MR) is 140 cm³/mol. The molecule has 2 heterocycles. The van der Waals surface area contributed by atoms with Gasteiger partial charge in [-0.15, -0.1) is 0 Å². The summed E-state index contributed by atoms with van der Waals surface area (Å²) in [5.74, 6) is 1.29. The molecule has 0 bridgehead atoms. The van der Waals surface area contributed by atoms with E-state index in [-0.39, 0.29) is 35.8 Å². The van der Waals surface area contributed by atoms with E-state index in [4.69, 9.17) is 9.72 Å². The van der Waals surface area contributed by atoms with E-state index in [1.165, 1.54) is 20.0 Å². The Labute approximate surface area is 214 Å². The van der Waals surface area contributed by atoms with Gasteiger partial charge in [0.2, 0.25) is 0 Å². The number of carbonyl (C=O) groups excluding carboxylic acids is 2. The second kappa shape index (κ2) is 10.5. The summed E-state index contributed by atoms with van der Waals surface area (Å²) in [5, 5.41) is 11.7. The van der Waals surface area contributed by atoms with Crippen molar-refractivity contribution in [3.05, 3.63) is 23.5 Å². The first-order valence-electron chi connectivity index (χ1n) is 14.0. The first-order valence-corrected chi connectivity index (χ1v) is 14.0. The number of nitrogens with zero attached hydrogens (tertiary/aromatic N) is 3. The maximum atomic E-state index is 12.6. The lowest BCUT2D eigenvalue weighted by atomic mass is 9.83. The summed E-state index contributed by atoms with van der Waals surface area (Å²) in [4.78, 5) is 31.9. The average molecular weight is 496 g/mol. The normalized spacial score (nSPS) is 26.3. The Morgan fingerprint density at radius 2 is 1.81 bits per heavy atom. The molecule has 4 atom stereocenters. The number of aromatic nitrogens is 2. The standard InChI is InChI=1S/C29H41N3O4/c1-18-13-14-23-24(31(18)29(35)36-3)15-16-25-26(23)30-28(27(34)20-9-6-4-5-7-10-20)32(25)22-12-8-11-21(17-22)19(2)33/h15-16,18,20-22,27,34H,4-14,17H2,1-3H3/t18-,21+,22+,27-/m0/s1. The third-order valence-corrected chi connectivity index (χ3v) is 9.05. The van der Waals surface area contributed by atoms with Gasteiger partial charge in [-0.05, 0) is 76.8 Å². The Bertz CT molecular complexity index is 1120. The van der Waals surface area contributed by atoms with Crippen LogP contribution < -0.4 is 4.90 Å². The molecule has 2 fully saturated rings. The summed E-state index contributed by atoms with van der Waals surface area (Å²) >= 11 is 0. The van der Waals surface area contributed by atoms with E-state index in [9.17, 15) is 14.7 Å². The van der Waals surface area contributed by atoms with E-state index in [0.29, 0.717) is 0 Å². The summed E-state index contributed by atoms with van der Waals surface area (Å²) < 4.78 is 7.38. The average Bonchev–Trinajstić information content (AvgIpc) is 3.07. The molecule has 2 aromatic rings. The maximum Gasteiger partial charge on any atom is 0.414 e. The minimum absolute atomic E-state index is 0.0511. The molecule has 1 aromatic carbocycles. The number of rotatable bonds is 4. The highest BCUT2D eigenvalue weighted by molar-refractivity contribution is 5.95. The number of anilines is 1. The van der Waals surface area contributed by atoms with Gasteiger partial charge in [-0.1, -0.05) is 32.1 Å². The molecular formula is C29H41N3O4. The number of hydrogen-bond acceptors (Lipinski definition) is 5. The number of aryl methyl sites for hydroxylation is 1. The lowest BCUT2D eigenvalue weighted by molar-refractivity contribution is -0.122. The molecule has 1 aromatic heterocycles. The van der Waals surface area contributed by atoms with Crippen molar-refractivity contribution < 1.29 is 19.4 Å². The highest BCUT2D eigenvalue weighted by atomic mass is 16.5. The summed E-state index contributed by atoms with van der Waals surface area (Å²) in [6, 6.07) is 4.28. The number of carbonyl (C=O) groups is 2. The van der Waals surface area contributed by atoms with Gasteiger partial charge < -0.3 is 14.4 Å². The Balaban J connectivity index is 1.64. The number of amides is 1. The van der Waals surface area contributed by atoms with Crippen molar-refractivity contribution in [2.45, 2.75) is 109 Å². The quantitative estimate of drug-likeness (QED) is 0.506. The number of benzene rings is 1. The van der Waals surface area contributed by atoms with Gasteiger partial charge >= 0.3 is 6.09 Å². The van der Waals surface area contributed by atoms with E-state index >= 15 is 0 Å². The third kappa shape index (κ3) is 4.55. The zero-order valence-electron chi connectivity index (χ0n) is 22.0. The van der Waals surface area contributed by atoms with E-state index in [2.05, 4.69) is 10.6 Å². The zero-order valence-corrected chi connectivity index (χ0v) is 22.0. The number of ketones is 1. The molecule has 2 saturated carbocycles. The Morgan fingerprint density at radius 1 is 1.06 bits per heavy atom. The minimum Gasteiger partial charge on any atom is -0.452 e. The van der Waals surface area contributed by atoms with Gasteiger partial charge in [0.25, 0.3) is 0 Å². The maximum absolute atomic E-state index is 12.6. The molecule has 36 heavy (non-hydrogen) atoms. The molecule has 3 aliphatic rings. The number of aliphatic hydroxyl groups is 1. The Kier molecular flexibility index (Phi) is 7.38. The highest BCUT2D eigenvalue weighted by Gasteiger charge is 2.36. The number of aliphatic hydroxyl groups excluding tert-OH is 1. The molecule has 0 unspecified atom stereocenters. The van der Waals surface area contributed by atoms with Crippen LogP contribution in [-0.4, -0.2) is 39.7 Å². The van der Waals surface area contributed by atoms with Gasteiger partial charge in [0.15, 0.2) is 0 Å². The second-order valence-electron chi connectivity index (χ2n) is 11.3. The summed E-state index contributed by atoms with van der Waals surface area (Å²) in [5.41, 5.74) is 3.83. The smallest absolute Gasteiger partial charge is 0.414 e. The molecule has 2 aliphatic carbocycles. The number of methoxy groups -OCH3 is 1. The van der Waals surface area contributed by atoms with Crippen molar-refractivity contribution in [1.82, 2.24) is 9.55 Å². The molecule has 1 amide bonds. The number of imidazole rings is 1. The number of fused-ring (bicyclic) bond motifs is 3. The van der Waals surface area contributed by atoms with Gasteiger partial charge in [-0.3, -0.25) is 9.69 Å². The SMILES string of the molecule is COC(=O)N1c2ccc3c(nc([C@@H](O)C4CCCCCC4)n3[C@@H]3CCC[C@@H](C(C)=O)C3)c2CC[C@@H]1C. The lowest BCUT2D eigenvalue weighted by Crippen LogP contribution is -2.42. The van der Waals surface area contributed by atoms with Crippen molar-refractivity contribution in [3.8, 4) is 0 Å². The highest BCUT2D eigenvalue weighted by Crippen LogP contribution is 2.43. The molecule has 0 radical (unpaired) electrons. The fraction of sp³-hybridized carbons (Fsp3) is 0.690. The van der Waals surface area contributed by atoms with Crippen LogP contribution in [0.25, 0.3) is 11.0 Å². The van der Waals surface area contributed by atoms with Gasteiger partial charge in [-0.25, -0.2) is 9.78 Å². The van der Waals surface area contributed by atoms with Crippen molar-refractivity contribution in [2.24, 2.45) is 11.8 Å². The predicted octanol–water partition coefficient (Wildman–Crippen LogP) is 6.27. The van der Waals surface area contributed by atoms with Crippen molar-refractivity contribution in [2.75, 3.05) is 12.0 Å². The zero-order chi connectivity index (χ0) is 25.4. The number of ether oxygens (including phenoxy) is 1. The van der Waals surface area contributed by atoms with Crippen molar-refractivity contribution in [1.29, 1.82) is 0 Å². The topological polar surface area (TPSA) is 84.7 Å². The van der Waals surface area contributed by atoms with Crippen LogP contribution in [0, 0.1) is 11.8 Å². The first kappa shape index (κ1) is 25.2. The Morgan fingerprint density at radius 3 is 2.50 bits per heavy atom. The van der Waals surface area contributed by atoms with E-state index < -0.39 is 6.10 Å². The van der Waals surface area contributed by atoms with Crippen LogP contribution in [0.4, 0.5) is 10.5 Å². The third-order valence-electron chi connectivity index (χ3n) is 9.05. The van der Waals surface area contributed by atoms with Crippen molar-refractivity contribution >= 4 is 28.6 Å². The van der Waals surface area contributed by atoms with Crippen LogP contribution in [0.2, 0.25) is 0 Å².